The van der Waals surface area contributed by atoms with E-state index in [9.17, 15) is 4.79 Å². The average molecular weight is 224 g/mol. The van der Waals surface area contributed by atoms with Gasteiger partial charge in [0.1, 0.15) is 12.2 Å². The summed E-state index contributed by atoms with van der Waals surface area (Å²) in [5.74, 6) is 0.481. The van der Waals surface area contributed by atoms with Crippen molar-refractivity contribution in [2.24, 2.45) is 0 Å². The van der Waals surface area contributed by atoms with Gasteiger partial charge < -0.3 is 4.98 Å². The first-order valence-corrected chi connectivity index (χ1v) is 5.09. The maximum absolute atomic E-state index is 11.8. The first kappa shape index (κ1) is 9.65. The Kier molecular flexibility index (Phi) is 2.15. The van der Waals surface area contributed by atoms with E-state index in [1.54, 1.807) is 24.5 Å². The van der Waals surface area contributed by atoms with Crippen LogP contribution in [-0.4, -0.2) is 19.9 Å². The molecule has 0 unspecified atom stereocenters. The molecule has 0 spiro atoms. The molecule has 3 rings (SSSR count). The van der Waals surface area contributed by atoms with Crippen LogP contribution in [0.25, 0.3) is 22.3 Å². The van der Waals surface area contributed by atoms with Crippen molar-refractivity contribution in [3.8, 4) is 11.4 Å². The highest BCUT2D eigenvalue weighted by molar-refractivity contribution is 5.79. The number of aromatic amines is 1. The van der Waals surface area contributed by atoms with Gasteiger partial charge in [-0.1, -0.05) is 12.1 Å². The summed E-state index contributed by atoms with van der Waals surface area (Å²) in [7, 11) is 0. The van der Waals surface area contributed by atoms with E-state index in [2.05, 4.69) is 19.9 Å². The van der Waals surface area contributed by atoms with E-state index >= 15 is 0 Å². The van der Waals surface area contributed by atoms with Crippen LogP contribution >= 0.6 is 0 Å². The molecule has 0 amide bonds. The van der Waals surface area contributed by atoms with Crippen molar-refractivity contribution in [2.75, 3.05) is 0 Å². The van der Waals surface area contributed by atoms with E-state index in [-0.39, 0.29) is 5.56 Å². The second-order valence-electron chi connectivity index (χ2n) is 3.56. The van der Waals surface area contributed by atoms with Gasteiger partial charge >= 0.3 is 0 Å². The molecule has 0 saturated carbocycles. The minimum absolute atomic E-state index is 0.158. The van der Waals surface area contributed by atoms with Gasteiger partial charge in [0.2, 0.25) is 0 Å². The second kappa shape index (κ2) is 3.79. The molecule has 0 atom stereocenters. The summed E-state index contributed by atoms with van der Waals surface area (Å²) in [6.07, 6.45) is 4.66. The van der Waals surface area contributed by atoms with Crippen LogP contribution in [-0.2, 0) is 0 Å². The van der Waals surface area contributed by atoms with Gasteiger partial charge in [0.15, 0.2) is 0 Å². The van der Waals surface area contributed by atoms with Crippen molar-refractivity contribution in [3.05, 3.63) is 53.3 Å². The summed E-state index contributed by atoms with van der Waals surface area (Å²) >= 11 is 0. The molecule has 2 aromatic heterocycles. The lowest BCUT2D eigenvalue weighted by Crippen LogP contribution is -2.09. The minimum atomic E-state index is -0.158. The van der Waals surface area contributed by atoms with Crippen molar-refractivity contribution >= 4 is 10.9 Å². The molecule has 0 saturated heterocycles. The van der Waals surface area contributed by atoms with Crippen LogP contribution in [0.4, 0.5) is 0 Å². The number of para-hydroxylation sites is 1. The Labute approximate surface area is 96.2 Å². The topological polar surface area (TPSA) is 71.5 Å². The SMILES string of the molecule is O=c1[nH]c(-c2cncnc2)nc2ccccc12. The number of nitrogens with zero attached hydrogens (tertiary/aromatic N) is 3. The summed E-state index contributed by atoms with van der Waals surface area (Å²) in [5.41, 5.74) is 1.19. The number of rotatable bonds is 1. The molecule has 0 aliphatic rings. The highest BCUT2D eigenvalue weighted by Gasteiger charge is 2.05. The van der Waals surface area contributed by atoms with E-state index in [4.69, 9.17) is 0 Å². The predicted octanol–water partition coefficient (Wildman–Crippen LogP) is 1.38. The van der Waals surface area contributed by atoms with Gasteiger partial charge in [-0.05, 0) is 12.1 Å². The third-order valence-corrected chi connectivity index (χ3v) is 2.45. The summed E-state index contributed by atoms with van der Waals surface area (Å²) in [5, 5.41) is 0.577. The van der Waals surface area contributed by atoms with E-state index in [1.807, 2.05) is 12.1 Å². The zero-order valence-electron chi connectivity index (χ0n) is 8.79. The van der Waals surface area contributed by atoms with Crippen LogP contribution in [0.5, 0.6) is 0 Å². The minimum Gasteiger partial charge on any atom is -0.306 e. The maximum atomic E-state index is 11.8. The Morgan fingerprint density at radius 1 is 1.06 bits per heavy atom. The lowest BCUT2D eigenvalue weighted by atomic mass is 10.2. The van der Waals surface area contributed by atoms with Crippen molar-refractivity contribution in [1.82, 2.24) is 19.9 Å². The first-order chi connectivity index (χ1) is 8.34. The Balaban J connectivity index is 2.30. The first-order valence-electron chi connectivity index (χ1n) is 5.09. The fraction of sp³-hybridized carbons (Fsp3) is 0. The molecule has 0 aliphatic carbocycles. The molecule has 0 bridgehead atoms. The molecule has 2 heterocycles. The van der Waals surface area contributed by atoms with Gasteiger partial charge in [-0.15, -0.1) is 0 Å². The lowest BCUT2D eigenvalue weighted by molar-refractivity contribution is 1.12. The fourth-order valence-corrected chi connectivity index (χ4v) is 1.64. The number of hydrogen-bond donors (Lipinski definition) is 1. The third-order valence-electron chi connectivity index (χ3n) is 2.45. The van der Waals surface area contributed by atoms with E-state index in [0.29, 0.717) is 22.3 Å². The van der Waals surface area contributed by atoms with Crippen LogP contribution in [0.15, 0.2) is 47.8 Å². The number of fused-ring (bicyclic) bond motifs is 1. The summed E-state index contributed by atoms with van der Waals surface area (Å²) < 4.78 is 0. The summed E-state index contributed by atoms with van der Waals surface area (Å²) in [4.78, 5) is 26.7. The molecule has 5 nitrogen and oxygen atoms in total. The maximum Gasteiger partial charge on any atom is 0.259 e. The smallest absolute Gasteiger partial charge is 0.259 e. The zero-order chi connectivity index (χ0) is 11.7. The lowest BCUT2D eigenvalue weighted by Gasteiger charge is -2.01. The average Bonchev–Trinajstić information content (AvgIpc) is 2.40. The van der Waals surface area contributed by atoms with Crippen LogP contribution in [0.3, 0.4) is 0 Å². The molecular weight excluding hydrogens is 216 g/mol. The van der Waals surface area contributed by atoms with E-state index in [0.717, 1.165) is 0 Å². The monoisotopic (exact) mass is 224 g/mol. The van der Waals surface area contributed by atoms with Crippen LogP contribution in [0.2, 0.25) is 0 Å². The molecule has 1 aromatic carbocycles. The molecular formula is C12H8N4O. The van der Waals surface area contributed by atoms with Crippen molar-refractivity contribution < 1.29 is 0 Å². The number of hydrogen-bond acceptors (Lipinski definition) is 4. The molecule has 0 radical (unpaired) electrons. The number of nitrogens with one attached hydrogen (secondary N) is 1. The Bertz CT molecular complexity index is 721. The third kappa shape index (κ3) is 1.67. The van der Waals surface area contributed by atoms with Crippen molar-refractivity contribution in [2.45, 2.75) is 0 Å². The summed E-state index contributed by atoms with van der Waals surface area (Å²) in [6, 6.07) is 7.20. The highest BCUT2D eigenvalue weighted by Crippen LogP contribution is 2.13. The molecule has 5 heteroatoms. The Morgan fingerprint density at radius 3 is 2.65 bits per heavy atom. The fourth-order valence-electron chi connectivity index (χ4n) is 1.64. The molecule has 0 aliphatic heterocycles. The van der Waals surface area contributed by atoms with Crippen molar-refractivity contribution in [3.63, 3.8) is 0 Å². The second-order valence-corrected chi connectivity index (χ2v) is 3.56. The largest absolute Gasteiger partial charge is 0.306 e. The summed E-state index contributed by atoms with van der Waals surface area (Å²) in [6.45, 7) is 0. The number of H-pyrrole nitrogens is 1. The van der Waals surface area contributed by atoms with Gasteiger partial charge in [0, 0.05) is 12.4 Å². The van der Waals surface area contributed by atoms with Crippen molar-refractivity contribution in [1.29, 1.82) is 0 Å². The van der Waals surface area contributed by atoms with Crippen LogP contribution in [0, 0.1) is 0 Å². The Hall–Kier alpha value is -2.56. The highest BCUT2D eigenvalue weighted by atomic mass is 16.1. The molecule has 1 N–H and O–H groups in total. The molecule has 0 fully saturated rings. The van der Waals surface area contributed by atoms with E-state index in [1.165, 1.54) is 6.33 Å². The molecule has 82 valence electrons. The van der Waals surface area contributed by atoms with E-state index < -0.39 is 0 Å². The predicted molar refractivity (Wildman–Crippen MR) is 63.4 cm³/mol. The zero-order valence-corrected chi connectivity index (χ0v) is 8.79. The standard InChI is InChI=1S/C12H8N4O/c17-12-9-3-1-2-4-10(9)15-11(16-12)8-5-13-7-14-6-8/h1-7H,(H,15,16,17). The normalized spacial score (nSPS) is 10.6. The van der Waals surface area contributed by atoms with Gasteiger partial charge in [-0.2, -0.15) is 0 Å². The number of aromatic nitrogens is 4. The van der Waals surface area contributed by atoms with Gasteiger partial charge in [-0.25, -0.2) is 15.0 Å². The van der Waals surface area contributed by atoms with Crippen LogP contribution < -0.4 is 5.56 Å². The molecule has 3 aromatic rings. The quantitative estimate of drug-likeness (QED) is 0.677. The van der Waals surface area contributed by atoms with Crippen LogP contribution in [0.1, 0.15) is 0 Å². The van der Waals surface area contributed by atoms with Gasteiger partial charge in [-0.3, -0.25) is 4.79 Å². The molecule has 17 heavy (non-hydrogen) atoms. The number of benzene rings is 1. The van der Waals surface area contributed by atoms with Gasteiger partial charge in [0.05, 0.1) is 16.5 Å². The Morgan fingerprint density at radius 2 is 1.82 bits per heavy atom. The van der Waals surface area contributed by atoms with Gasteiger partial charge in [0.25, 0.3) is 5.56 Å².